The Hall–Kier alpha value is -1.72. The highest BCUT2D eigenvalue weighted by atomic mass is 16.4. The van der Waals surface area contributed by atoms with Crippen molar-refractivity contribution < 1.29 is 20.4 Å². The van der Waals surface area contributed by atoms with E-state index in [-0.39, 0.29) is 0 Å². The first-order valence-corrected chi connectivity index (χ1v) is 6.43. The summed E-state index contributed by atoms with van der Waals surface area (Å²) >= 11 is 0. The molecule has 0 saturated carbocycles. The van der Waals surface area contributed by atoms with E-state index in [1.807, 2.05) is 0 Å². The minimum atomic E-state index is -1.48. The molecular formula is C16H18O4. The Labute approximate surface area is 117 Å². The summed E-state index contributed by atoms with van der Waals surface area (Å²) in [7, 11) is 0. The van der Waals surface area contributed by atoms with E-state index in [1.54, 1.807) is 60.7 Å². The van der Waals surface area contributed by atoms with Crippen molar-refractivity contribution in [1.29, 1.82) is 0 Å². The van der Waals surface area contributed by atoms with Gasteiger partial charge in [-0.05, 0) is 11.1 Å². The molecule has 0 fully saturated rings. The molecule has 0 aliphatic rings. The third kappa shape index (κ3) is 3.23. The normalized spacial score (nSPS) is 17.2. The van der Waals surface area contributed by atoms with Gasteiger partial charge >= 0.3 is 0 Å². The van der Waals surface area contributed by atoms with Crippen molar-refractivity contribution in [3.05, 3.63) is 71.8 Å². The van der Waals surface area contributed by atoms with E-state index < -0.39 is 24.4 Å². The molecule has 2 rings (SSSR count). The Morgan fingerprint density at radius 3 is 1.10 bits per heavy atom. The van der Waals surface area contributed by atoms with Crippen LogP contribution < -0.4 is 0 Å². The van der Waals surface area contributed by atoms with E-state index in [2.05, 4.69) is 0 Å². The molecule has 106 valence electrons. The fourth-order valence-corrected chi connectivity index (χ4v) is 2.07. The smallest absolute Gasteiger partial charge is 0.113 e. The van der Waals surface area contributed by atoms with Crippen molar-refractivity contribution >= 4 is 0 Å². The average molecular weight is 274 g/mol. The zero-order valence-electron chi connectivity index (χ0n) is 10.9. The van der Waals surface area contributed by atoms with Gasteiger partial charge in [0.25, 0.3) is 0 Å². The van der Waals surface area contributed by atoms with E-state index in [9.17, 15) is 20.4 Å². The molecule has 0 aliphatic heterocycles. The van der Waals surface area contributed by atoms with Gasteiger partial charge in [-0.3, -0.25) is 0 Å². The predicted molar refractivity (Wildman–Crippen MR) is 74.8 cm³/mol. The lowest BCUT2D eigenvalue weighted by Crippen LogP contribution is -2.36. The molecule has 0 aliphatic carbocycles. The summed E-state index contributed by atoms with van der Waals surface area (Å²) in [6.45, 7) is 0. The topological polar surface area (TPSA) is 80.9 Å². The molecule has 0 bridgehead atoms. The summed E-state index contributed by atoms with van der Waals surface area (Å²) in [5.41, 5.74) is 0.971. The quantitative estimate of drug-likeness (QED) is 0.660. The molecule has 4 atom stereocenters. The molecule has 20 heavy (non-hydrogen) atoms. The van der Waals surface area contributed by atoms with Gasteiger partial charge in [0.15, 0.2) is 0 Å². The second-order valence-electron chi connectivity index (χ2n) is 4.69. The van der Waals surface area contributed by atoms with E-state index in [0.29, 0.717) is 11.1 Å². The van der Waals surface area contributed by atoms with E-state index in [0.717, 1.165) is 0 Å². The van der Waals surface area contributed by atoms with Crippen molar-refractivity contribution in [2.75, 3.05) is 0 Å². The van der Waals surface area contributed by atoms with E-state index >= 15 is 0 Å². The average Bonchev–Trinajstić information content (AvgIpc) is 2.53. The summed E-state index contributed by atoms with van der Waals surface area (Å²) < 4.78 is 0. The molecule has 0 heterocycles. The molecule has 0 unspecified atom stereocenters. The molecule has 0 radical (unpaired) electrons. The number of rotatable bonds is 5. The highest BCUT2D eigenvalue weighted by Gasteiger charge is 2.31. The van der Waals surface area contributed by atoms with Crippen LogP contribution in [0.2, 0.25) is 0 Å². The van der Waals surface area contributed by atoms with Gasteiger partial charge < -0.3 is 20.4 Å². The predicted octanol–water partition coefficient (Wildman–Crippen LogP) is 1.18. The van der Waals surface area contributed by atoms with Crippen LogP contribution in [0.3, 0.4) is 0 Å². The second kappa shape index (κ2) is 6.63. The van der Waals surface area contributed by atoms with Crippen LogP contribution in [0.5, 0.6) is 0 Å². The van der Waals surface area contributed by atoms with Gasteiger partial charge in [0, 0.05) is 0 Å². The Balaban J connectivity index is 2.10. The van der Waals surface area contributed by atoms with Gasteiger partial charge in [-0.2, -0.15) is 0 Å². The van der Waals surface area contributed by atoms with Crippen molar-refractivity contribution in [2.45, 2.75) is 24.4 Å². The van der Waals surface area contributed by atoms with Gasteiger partial charge in [0.1, 0.15) is 24.4 Å². The number of benzene rings is 2. The SMILES string of the molecule is O[C@H]([C@H](O)[C@@H](O)c1ccccc1)[C@H](O)c1ccccc1. The van der Waals surface area contributed by atoms with Crippen molar-refractivity contribution in [3.63, 3.8) is 0 Å². The molecule has 4 N–H and O–H groups in total. The Morgan fingerprint density at radius 2 is 0.800 bits per heavy atom. The molecule has 0 amide bonds. The maximum Gasteiger partial charge on any atom is 0.113 e. The van der Waals surface area contributed by atoms with Gasteiger partial charge in [0.2, 0.25) is 0 Å². The first-order valence-electron chi connectivity index (χ1n) is 6.43. The molecule has 0 saturated heterocycles. The molecule has 4 nitrogen and oxygen atoms in total. The summed E-state index contributed by atoms with van der Waals surface area (Å²) in [5, 5.41) is 40.1. The van der Waals surface area contributed by atoms with Crippen LogP contribution in [0.4, 0.5) is 0 Å². The highest BCUT2D eigenvalue weighted by molar-refractivity contribution is 5.21. The van der Waals surface area contributed by atoms with Crippen molar-refractivity contribution in [3.8, 4) is 0 Å². The third-order valence-electron chi connectivity index (χ3n) is 3.28. The lowest BCUT2D eigenvalue weighted by atomic mass is 9.94. The zero-order valence-corrected chi connectivity index (χ0v) is 10.9. The van der Waals surface area contributed by atoms with Crippen LogP contribution in [-0.2, 0) is 0 Å². The number of hydrogen-bond donors (Lipinski definition) is 4. The summed E-state index contributed by atoms with van der Waals surface area (Å²) in [5.74, 6) is 0. The molecular weight excluding hydrogens is 256 g/mol. The molecule has 0 spiro atoms. The molecule has 0 aromatic heterocycles. The Bertz CT molecular complexity index is 465. The summed E-state index contributed by atoms with van der Waals surface area (Å²) in [6, 6.07) is 17.1. The fraction of sp³-hybridized carbons (Fsp3) is 0.250. The Morgan fingerprint density at radius 1 is 0.500 bits per heavy atom. The first-order chi connectivity index (χ1) is 9.61. The second-order valence-corrected chi connectivity index (χ2v) is 4.69. The standard InChI is InChI=1S/C16H18O4/c17-13(11-7-3-1-4-8-11)15(19)16(20)14(18)12-9-5-2-6-10-12/h1-10,13-20H/t13-,14+,15+,16-. The van der Waals surface area contributed by atoms with Crippen molar-refractivity contribution in [2.24, 2.45) is 0 Å². The van der Waals surface area contributed by atoms with Gasteiger partial charge in [-0.25, -0.2) is 0 Å². The highest BCUT2D eigenvalue weighted by Crippen LogP contribution is 2.25. The van der Waals surface area contributed by atoms with Gasteiger partial charge in [-0.1, -0.05) is 60.7 Å². The number of aliphatic hydroxyl groups is 4. The summed E-state index contributed by atoms with van der Waals surface area (Å²) in [6.07, 6.45) is -5.48. The number of hydrogen-bond acceptors (Lipinski definition) is 4. The minimum absolute atomic E-state index is 0.485. The van der Waals surface area contributed by atoms with Crippen molar-refractivity contribution in [1.82, 2.24) is 0 Å². The lowest BCUT2D eigenvalue weighted by Gasteiger charge is -2.27. The van der Waals surface area contributed by atoms with Gasteiger partial charge in [-0.15, -0.1) is 0 Å². The van der Waals surface area contributed by atoms with E-state index in [4.69, 9.17) is 0 Å². The van der Waals surface area contributed by atoms with Gasteiger partial charge in [0.05, 0.1) is 0 Å². The van der Waals surface area contributed by atoms with Crippen LogP contribution in [0.15, 0.2) is 60.7 Å². The van der Waals surface area contributed by atoms with E-state index in [1.165, 1.54) is 0 Å². The molecule has 2 aromatic rings. The lowest BCUT2D eigenvalue weighted by molar-refractivity contribution is -0.107. The largest absolute Gasteiger partial charge is 0.387 e. The van der Waals surface area contributed by atoms with Crippen LogP contribution in [-0.4, -0.2) is 32.6 Å². The van der Waals surface area contributed by atoms with Crippen LogP contribution in [0.25, 0.3) is 0 Å². The van der Waals surface area contributed by atoms with Crippen LogP contribution in [0, 0.1) is 0 Å². The monoisotopic (exact) mass is 274 g/mol. The van der Waals surface area contributed by atoms with Crippen LogP contribution >= 0.6 is 0 Å². The Kier molecular flexibility index (Phi) is 4.87. The molecule has 4 heteroatoms. The fourth-order valence-electron chi connectivity index (χ4n) is 2.07. The molecule has 2 aromatic carbocycles. The maximum absolute atomic E-state index is 10.0. The minimum Gasteiger partial charge on any atom is -0.387 e. The number of aliphatic hydroxyl groups excluding tert-OH is 4. The third-order valence-corrected chi connectivity index (χ3v) is 3.28. The zero-order chi connectivity index (χ0) is 14.5. The maximum atomic E-state index is 10.0. The summed E-state index contributed by atoms with van der Waals surface area (Å²) in [4.78, 5) is 0. The van der Waals surface area contributed by atoms with Crippen LogP contribution in [0.1, 0.15) is 23.3 Å². The first kappa shape index (κ1) is 14.7.